The highest BCUT2D eigenvalue weighted by molar-refractivity contribution is 5.60. The molecule has 19 heavy (non-hydrogen) atoms. The van der Waals surface area contributed by atoms with E-state index in [1.807, 2.05) is 0 Å². The molecule has 0 aliphatic heterocycles. The van der Waals surface area contributed by atoms with Gasteiger partial charge in [-0.3, -0.25) is 0 Å². The van der Waals surface area contributed by atoms with Crippen molar-refractivity contribution in [1.82, 2.24) is 0 Å². The second kappa shape index (κ2) is 4.51. The van der Waals surface area contributed by atoms with E-state index in [1.165, 1.54) is 31.3 Å². The monoisotopic (exact) mass is 254 g/mol. The van der Waals surface area contributed by atoms with Crippen LogP contribution in [-0.2, 0) is 0 Å². The van der Waals surface area contributed by atoms with Crippen molar-refractivity contribution < 1.29 is 0 Å². The summed E-state index contributed by atoms with van der Waals surface area (Å²) in [6.45, 7) is 9.31. The van der Waals surface area contributed by atoms with Crippen LogP contribution in [0.2, 0.25) is 0 Å². The molecule has 2 atom stereocenters. The van der Waals surface area contributed by atoms with E-state index in [0.717, 1.165) is 11.8 Å². The van der Waals surface area contributed by atoms with E-state index in [-0.39, 0.29) is 5.41 Å². The summed E-state index contributed by atoms with van der Waals surface area (Å²) in [7, 11) is 0. The van der Waals surface area contributed by atoms with Crippen LogP contribution in [0.15, 0.2) is 46.6 Å². The Morgan fingerprint density at radius 1 is 1.11 bits per heavy atom. The molecule has 0 radical (unpaired) electrons. The first kappa shape index (κ1) is 13.0. The highest BCUT2D eigenvalue weighted by atomic mass is 14.4. The molecular formula is C19H26. The number of fused-ring (bicyclic) bond motifs is 1. The molecule has 0 fully saturated rings. The van der Waals surface area contributed by atoms with Gasteiger partial charge in [-0.15, -0.1) is 0 Å². The van der Waals surface area contributed by atoms with Crippen molar-refractivity contribution in [2.75, 3.05) is 0 Å². The van der Waals surface area contributed by atoms with Crippen LogP contribution in [0.25, 0.3) is 0 Å². The Kier molecular flexibility index (Phi) is 3.08. The molecule has 0 aromatic carbocycles. The van der Waals surface area contributed by atoms with Crippen molar-refractivity contribution in [1.29, 1.82) is 0 Å². The van der Waals surface area contributed by atoms with Gasteiger partial charge in [0.05, 0.1) is 0 Å². The fraction of sp³-hybridized carbons (Fsp3) is 0.579. The van der Waals surface area contributed by atoms with E-state index >= 15 is 0 Å². The van der Waals surface area contributed by atoms with Crippen molar-refractivity contribution in [2.24, 2.45) is 17.3 Å². The predicted octanol–water partition coefficient (Wildman–Crippen LogP) is 5.59. The van der Waals surface area contributed by atoms with Crippen LogP contribution in [0, 0.1) is 17.3 Å². The molecule has 0 aromatic heterocycles. The van der Waals surface area contributed by atoms with Crippen LogP contribution < -0.4 is 0 Å². The summed E-state index contributed by atoms with van der Waals surface area (Å²) in [4.78, 5) is 0. The summed E-state index contributed by atoms with van der Waals surface area (Å²) < 4.78 is 0. The zero-order valence-electron chi connectivity index (χ0n) is 12.8. The van der Waals surface area contributed by atoms with Gasteiger partial charge in [-0.05, 0) is 66.6 Å². The zero-order chi connectivity index (χ0) is 13.6. The van der Waals surface area contributed by atoms with Crippen molar-refractivity contribution in [3.05, 3.63) is 46.6 Å². The van der Waals surface area contributed by atoms with Crippen LogP contribution in [0.3, 0.4) is 0 Å². The van der Waals surface area contributed by atoms with Crippen LogP contribution in [0.4, 0.5) is 0 Å². The maximum Gasteiger partial charge on any atom is -0.00871 e. The van der Waals surface area contributed by atoms with Crippen LogP contribution in [-0.4, -0.2) is 0 Å². The molecule has 0 spiro atoms. The molecule has 3 aliphatic carbocycles. The van der Waals surface area contributed by atoms with Gasteiger partial charge in [0, 0.05) is 0 Å². The third-order valence-corrected chi connectivity index (χ3v) is 5.05. The maximum atomic E-state index is 2.51. The van der Waals surface area contributed by atoms with Crippen molar-refractivity contribution in [2.45, 2.75) is 53.4 Å². The molecule has 0 bridgehead atoms. The molecule has 0 heteroatoms. The minimum atomic E-state index is 0.279. The Hall–Kier alpha value is -1.04. The first-order valence-electron chi connectivity index (χ1n) is 7.75. The Morgan fingerprint density at radius 3 is 2.53 bits per heavy atom. The number of rotatable bonds is 1. The average Bonchev–Trinajstić information content (AvgIpc) is 2.91. The standard InChI is InChI=1S/C19H26/c1-13-10-17(14-8-6-5-7-9-14)18-12-15(11-16(13)18)19(2,3)4/h5-6,11-12,14,17H,7-10H2,1-4H3. The van der Waals surface area contributed by atoms with Crippen molar-refractivity contribution >= 4 is 0 Å². The summed E-state index contributed by atoms with van der Waals surface area (Å²) in [6.07, 6.45) is 15.0. The van der Waals surface area contributed by atoms with Gasteiger partial charge in [0.15, 0.2) is 0 Å². The molecule has 0 saturated carbocycles. The molecule has 3 aliphatic rings. The smallest absolute Gasteiger partial charge is 0.00871 e. The second-order valence-electron chi connectivity index (χ2n) is 7.50. The molecule has 0 aromatic rings. The van der Waals surface area contributed by atoms with Crippen LogP contribution >= 0.6 is 0 Å². The van der Waals surface area contributed by atoms with Gasteiger partial charge in [-0.25, -0.2) is 0 Å². The maximum absolute atomic E-state index is 2.51. The molecule has 0 amide bonds. The van der Waals surface area contributed by atoms with Gasteiger partial charge in [0.2, 0.25) is 0 Å². The number of hydrogen-bond acceptors (Lipinski definition) is 0. The SMILES string of the molecule is CC1=C2C=C(C(C)(C)C)C=C2C(C2CC=CCC2)C1. The molecular weight excluding hydrogens is 228 g/mol. The highest BCUT2D eigenvalue weighted by Gasteiger charge is 2.36. The lowest BCUT2D eigenvalue weighted by molar-refractivity contribution is 0.360. The molecule has 3 rings (SSSR count). The van der Waals surface area contributed by atoms with Gasteiger partial charge in [-0.1, -0.05) is 50.6 Å². The fourth-order valence-corrected chi connectivity index (χ4v) is 3.79. The Labute approximate surface area is 118 Å². The Morgan fingerprint density at radius 2 is 1.89 bits per heavy atom. The van der Waals surface area contributed by atoms with Gasteiger partial charge >= 0.3 is 0 Å². The third-order valence-electron chi connectivity index (χ3n) is 5.05. The number of allylic oxidation sites excluding steroid dienone is 8. The summed E-state index contributed by atoms with van der Waals surface area (Å²) in [6, 6.07) is 0. The fourth-order valence-electron chi connectivity index (χ4n) is 3.79. The molecule has 102 valence electrons. The lowest BCUT2D eigenvalue weighted by atomic mass is 9.78. The molecule has 0 N–H and O–H groups in total. The van der Waals surface area contributed by atoms with Gasteiger partial charge in [-0.2, -0.15) is 0 Å². The lowest BCUT2D eigenvalue weighted by Gasteiger charge is -2.26. The topological polar surface area (TPSA) is 0 Å². The van der Waals surface area contributed by atoms with Gasteiger partial charge < -0.3 is 0 Å². The average molecular weight is 254 g/mol. The summed E-state index contributed by atoms with van der Waals surface area (Å²) in [5.74, 6) is 1.66. The minimum absolute atomic E-state index is 0.279. The highest BCUT2D eigenvalue weighted by Crippen LogP contribution is 2.49. The normalized spacial score (nSPS) is 30.5. The van der Waals surface area contributed by atoms with E-state index in [0.29, 0.717) is 0 Å². The van der Waals surface area contributed by atoms with Crippen molar-refractivity contribution in [3.63, 3.8) is 0 Å². The minimum Gasteiger partial charge on any atom is -0.0885 e. The first-order valence-corrected chi connectivity index (χ1v) is 7.75. The van der Waals surface area contributed by atoms with E-state index < -0.39 is 0 Å². The predicted molar refractivity (Wildman–Crippen MR) is 82.9 cm³/mol. The van der Waals surface area contributed by atoms with Crippen LogP contribution in [0.5, 0.6) is 0 Å². The quantitative estimate of drug-likeness (QED) is 0.535. The van der Waals surface area contributed by atoms with E-state index in [9.17, 15) is 0 Å². The Bertz CT molecular complexity index is 503. The molecule has 0 saturated heterocycles. The zero-order valence-corrected chi connectivity index (χ0v) is 12.8. The van der Waals surface area contributed by atoms with E-state index in [1.54, 1.807) is 16.7 Å². The summed E-state index contributed by atoms with van der Waals surface area (Å²) in [5, 5.41) is 0. The molecule has 0 nitrogen and oxygen atoms in total. The summed E-state index contributed by atoms with van der Waals surface area (Å²) in [5.41, 5.74) is 6.65. The Balaban J connectivity index is 1.89. The van der Waals surface area contributed by atoms with E-state index in [2.05, 4.69) is 52.0 Å². The lowest BCUT2D eigenvalue weighted by Crippen LogP contribution is -2.15. The largest absolute Gasteiger partial charge is 0.0885 e. The van der Waals surface area contributed by atoms with Gasteiger partial charge in [0.25, 0.3) is 0 Å². The third kappa shape index (κ3) is 2.26. The second-order valence-corrected chi connectivity index (χ2v) is 7.50. The van der Waals surface area contributed by atoms with E-state index in [4.69, 9.17) is 0 Å². The molecule has 0 heterocycles. The first-order chi connectivity index (χ1) is 8.97. The number of hydrogen-bond donors (Lipinski definition) is 0. The van der Waals surface area contributed by atoms with Crippen molar-refractivity contribution in [3.8, 4) is 0 Å². The van der Waals surface area contributed by atoms with Crippen LogP contribution in [0.1, 0.15) is 53.4 Å². The summed E-state index contributed by atoms with van der Waals surface area (Å²) >= 11 is 0. The molecule has 2 unspecified atom stereocenters. The van der Waals surface area contributed by atoms with Gasteiger partial charge in [0.1, 0.15) is 0 Å².